The Morgan fingerprint density at radius 1 is 1.07 bits per heavy atom. The van der Waals surface area contributed by atoms with Gasteiger partial charge in [-0.05, 0) is 31.6 Å². The first-order valence-corrected chi connectivity index (χ1v) is 6.57. The van der Waals surface area contributed by atoms with Crippen LogP contribution in [-0.2, 0) is 0 Å². The van der Waals surface area contributed by atoms with Gasteiger partial charge in [0.15, 0.2) is 0 Å². The van der Waals surface area contributed by atoms with Gasteiger partial charge in [-0.25, -0.2) is 0 Å². The van der Waals surface area contributed by atoms with Gasteiger partial charge in [0.25, 0.3) is 0 Å². The highest BCUT2D eigenvalue weighted by molar-refractivity contribution is 4.83. The lowest BCUT2D eigenvalue weighted by atomic mass is 10.0. The number of hydrogen-bond donors (Lipinski definition) is 1. The molecule has 0 aromatic carbocycles. The molecule has 0 aliphatic heterocycles. The molecule has 90 valence electrons. The van der Waals surface area contributed by atoms with E-state index in [1.54, 1.807) is 0 Å². The second-order valence-electron chi connectivity index (χ2n) is 4.53. The van der Waals surface area contributed by atoms with E-state index in [1.807, 2.05) is 0 Å². The van der Waals surface area contributed by atoms with Crippen molar-refractivity contribution >= 4 is 0 Å². The molecule has 0 spiro atoms. The van der Waals surface area contributed by atoms with Gasteiger partial charge in [0, 0.05) is 6.61 Å². The molecule has 0 fully saturated rings. The van der Waals surface area contributed by atoms with Crippen molar-refractivity contribution < 1.29 is 5.11 Å². The topological polar surface area (TPSA) is 20.2 Å². The van der Waals surface area contributed by atoms with Crippen molar-refractivity contribution in [3.8, 4) is 0 Å². The largest absolute Gasteiger partial charge is 0.396 e. The Balaban J connectivity index is 3.16. The molecule has 0 radical (unpaired) electrons. The molecule has 15 heavy (non-hydrogen) atoms. The fourth-order valence-corrected chi connectivity index (χ4v) is 1.65. The molecular formula is C14H28O. The first-order valence-electron chi connectivity index (χ1n) is 6.57. The standard InChI is InChI=1S/C14H28O/c1-3-4-5-6-7-8-9-10-11-14(2)12-13-15/h9-10,14-15H,3-8,11-13H2,1-2H3. The summed E-state index contributed by atoms with van der Waals surface area (Å²) in [5.41, 5.74) is 0. The normalized spacial score (nSPS) is 13.5. The molecule has 0 bridgehead atoms. The Morgan fingerprint density at radius 3 is 2.47 bits per heavy atom. The monoisotopic (exact) mass is 212 g/mol. The summed E-state index contributed by atoms with van der Waals surface area (Å²) in [5, 5.41) is 8.74. The molecule has 0 heterocycles. The lowest BCUT2D eigenvalue weighted by molar-refractivity contribution is 0.263. The van der Waals surface area contributed by atoms with Crippen LogP contribution in [0.5, 0.6) is 0 Å². The Morgan fingerprint density at radius 2 is 1.80 bits per heavy atom. The summed E-state index contributed by atoms with van der Waals surface area (Å²) in [5.74, 6) is 0.631. The SMILES string of the molecule is CCCCCCCC=CCC(C)CCO. The Labute approximate surface area is 95.6 Å². The van der Waals surface area contributed by atoms with Gasteiger partial charge < -0.3 is 5.11 Å². The summed E-state index contributed by atoms with van der Waals surface area (Å²) in [4.78, 5) is 0. The number of unbranched alkanes of at least 4 members (excludes halogenated alkanes) is 5. The van der Waals surface area contributed by atoms with E-state index in [4.69, 9.17) is 5.11 Å². The Hall–Kier alpha value is -0.300. The first kappa shape index (κ1) is 14.7. The van der Waals surface area contributed by atoms with E-state index in [9.17, 15) is 0 Å². The third-order valence-corrected chi connectivity index (χ3v) is 2.80. The van der Waals surface area contributed by atoms with Gasteiger partial charge >= 0.3 is 0 Å². The van der Waals surface area contributed by atoms with Gasteiger partial charge in [0.2, 0.25) is 0 Å². The number of rotatable bonds is 10. The molecule has 0 saturated heterocycles. The van der Waals surface area contributed by atoms with Crippen LogP contribution in [-0.4, -0.2) is 11.7 Å². The Kier molecular flexibility index (Phi) is 11.5. The molecule has 0 aliphatic carbocycles. The molecule has 0 aromatic heterocycles. The average Bonchev–Trinajstić information content (AvgIpc) is 2.22. The molecule has 0 aromatic rings. The number of aliphatic hydroxyl groups excluding tert-OH is 1. The molecule has 1 heteroatoms. The zero-order chi connectivity index (χ0) is 11.4. The van der Waals surface area contributed by atoms with Crippen molar-refractivity contribution in [1.29, 1.82) is 0 Å². The second-order valence-corrected chi connectivity index (χ2v) is 4.53. The van der Waals surface area contributed by atoms with Gasteiger partial charge in [-0.2, -0.15) is 0 Å². The molecule has 1 N–H and O–H groups in total. The maximum Gasteiger partial charge on any atom is 0.0433 e. The smallest absolute Gasteiger partial charge is 0.0433 e. The van der Waals surface area contributed by atoms with E-state index < -0.39 is 0 Å². The third kappa shape index (κ3) is 11.6. The minimum absolute atomic E-state index is 0.325. The second kappa shape index (κ2) is 11.8. The van der Waals surface area contributed by atoms with E-state index in [-0.39, 0.29) is 0 Å². The zero-order valence-electron chi connectivity index (χ0n) is 10.5. The van der Waals surface area contributed by atoms with Gasteiger partial charge in [0.1, 0.15) is 0 Å². The molecule has 0 aliphatic rings. The van der Waals surface area contributed by atoms with E-state index >= 15 is 0 Å². The Bertz CT molecular complexity index is 140. The highest BCUT2D eigenvalue weighted by atomic mass is 16.3. The van der Waals surface area contributed by atoms with Crippen molar-refractivity contribution in [2.45, 2.75) is 65.2 Å². The summed E-state index contributed by atoms with van der Waals surface area (Å²) in [6.45, 7) is 4.77. The number of hydrogen-bond acceptors (Lipinski definition) is 1. The van der Waals surface area contributed by atoms with Gasteiger partial charge in [0.05, 0.1) is 0 Å². The lowest BCUT2D eigenvalue weighted by Gasteiger charge is -2.04. The summed E-state index contributed by atoms with van der Waals surface area (Å²) in [6.07, 6.45) is 14.7. The van der Waals surface area contributed by atoms with Crippen molar-refractivity contribution in [3.63, 3.8) is 0 Å². The molecule has 1 unspecified atom stereocenters. The highest BCUT2D eigenvalue weighted by Crippen LogP contribution is 2.09. The van der Waals surface area contributed by atoms with Gasteiger partial charge in [-0.15, -0.1) is 0 Å². The van der Waals surface area contributed by atoms with Crippen LogP contribution in [0.15, 0.2) is 12.2 Å². The lowest BCUT2D eigenvalue weighted by Crippen LogP contribution is -1.95. The first-order chi connectivity index (χ1) is 7.31. The van der Waals surface area contributed by atoms with E-state index in [2.05, 4.69) is 26.0 Å². The van der Waals surface area contributed by atoms with Crippen LogP contribution in [0.25, 0.3) is 0 Å². The van der Waals surface area contributed by atoms with Crippen molar-refractivity contribution in [1.82, 2.24) is 0 Å². The molecule has 0 amide bonds. The molecule has 1 nitrogen and oxygen atoms in total. The quantitative estimate of drug-likeness (QED) is 0.422. The van der Waals surface area contributed by atoms with Crippen LogP contribution in [0.4, 0.5) is 0 Å². The van der Waals surface area contributed by atoms with Crippen LogP contribution < -0.4 is 0 Å². The molecule has 0 saturated carbocycles. The maximum atomic E-state index is 8.74. The summed E-state index contributed by atoms with van der Waals surface area (Å²) in [6, 6.07) is 0. The minimum Gasteiger partial charge on any atom is -0.396 e. The van der Waals surface area contributed by atoms with Crippen molar-refractivity contribution in [2.24, 2.45) is 5.92 Å². The predicted octanol–water partition coefficient (Wildman–Crippen LogP) is 4.31. The van der Waals surface area contributed by atoms with E-state index in [0.717, 1.165) is 12.8 Å². The van der Waals surface area contributed by atoms with Gasteiger partial charge in [-0.1, -0.05) is 51.7 Å². The summed E-state index contributed by atoms with van der Waals surface area (Å²) >= 11 is 0. The molecule has 1 atom stereocenters. The van der Waals surface area contributed by atoms with Crippen molar-refractivity contribution in [2.75, 3.05) is 6.61 Å². The molecular weight excluding hydrogens is 184 g/mol. The highest BCUT2D eigenvalue weighted by Gasteiger charge is 1.96. The van der Waals surface area contributed by atoms with Gasteiger partial charge in [-0.3, -0.25) is 0 Å². The van der Waals surface area contributed by atoms with Crippen LogP contribution >= 0.6 is 0 Å². The molecule has 0 rings (SSSR count). The summed E-state index contributed by atoms with van der Waals surface area (Å²) in [7, 11) is 0. The minimum atomic E-state index is 0.325. The fraction of sp³-hybridized carbons (Fsp3) is 0.857. The fourth-order valence-electron chi connectivity index (χ4n) is 1.65. The third-order valence-electron chi connectivity index (χ3n) is 2.80. The average molecular weight is 212 g/mol. The number of aliphatic hydroxyl groups is 1. The van der Waals surface area contributed by atoms with E-state index in [1.165, 1.54) is 38.5 Å². The van der Waals surface area contributed by atoms with Crippen LogP contribution in [0, 0.1) is 5.92 Å². The van der Waals surface area contributed by atoms with Crippen LogP contribution in [0.3, 0.4) is 0 Å². The zero-order valence-corrected chi connectivity index (χ0v) is 10.5. The number of allylic oxidation sites excluding steroid dienone is 2. The van der Waals surface area contributed by atoms with Crippen molar-refractivity contribution in [3.05, 3.63) is 12.2 Å². The van der Waals surface area contributed by atoms with Crippen LogP contribution in [0.1, 0.15) is 65.2 Å². The summed E-state index contributed by atoms with van der Waals surface area (Å²) < 4.78 is 0. The van der Waals surface area contributed by atoms with E-state index in [0.29, 0.717) is 12.5 Å². The predicted molar refractivity (Wildman–Crippen MR) is 68.0 cm³/mol. The maximum absolute atomic E-state index is 8.74. The van der Waals surface area contributed by atoms with Crippen LogP contribution in [0.2, 0.25) is 0 Å².